The summed E-state index contributed by atoms with van der Waals surface area (Å²) in [5.74, 6) is 0.459. The van der Waals surface area contributed by atoms with E-state index < -0.39 is 0 Å². The van der Waals surface area contributed by atoms with Gasteiger partial charge in [0.15, 0.2) is 0 Å². The van der Waals surface area contributed by atoms with Crippen LogP contribution in [0.3, 0.4) is 0 Å². The minimum Gasteiger partial charge on any atom is -0.422 e. The molecule has 1 aliphatic heterocycles. The average molecular weight is 318 g/mol. The van der Waals surface area contributed by atoms with Gasteiger partial charge in [-0.15, -0.1) is 0 Å². The Bertz CT molecular complexity index is 1520. The zero-order valence-electron chi connectivity index (χ0n) is 13.1. The van der Waals surface area contributed by atoms with Crippen LogP contribution in [-0.2, 0) is 0 Å². The summed E-state index contributed by atoms with van der Waals surface area (Å²) in [6.07, 6.45) is 0. The molecule has 25 heavy (non-hydrogen) atoms. The van der Waals surface area contributed by atoms with Gasteiger partial charge in [0.1, 0.15) is 5.75 Å². The molecule has 0 aliphatic carbocycles. The highest BCUT2D eigenvalue weighted by Crippen LogP contribution is 2.50. The first-order chi connectivity index (χ1) is 12.3. The molecule has 0 spiro atoms. The smallest absolute Gasteiger partial charge is 0.344 e. The zero-order chi connectivity index (χ0) is 16.3. The first-order valence-electron chi connectivity index (χ1n) is 8.42. The molecule has 0 fully saturated rings. The lowest BCUT2D eigenvalue weighted by Crippen LogP contribution is -2.02. The Kier molecular flexibility index (Phi) is 1.76. The van der Waals surface area contributed by atoms with Crippen LogP contribution in [0.15, 0.2) is 60.7 Å². The molecule has 0 aromatic heterocycles. The Morgan fingerprint density at radius 1 is 0.600 bits per heavy atom. The third-order valence-electron chi connectivity index (χ3n) is 5.73. The van der Waals surface area contributed by atoms with Crippen molar-refractivity contribution in [1.29, 1.82) is 0 Å². The summed E-state index contributed by atoms with van der Waals surface area (Å²) in [5, 5.41) is 11.5. The SMILES string of the molecule is O=C1Oc2cc3cccc4cc5ccc6cccc7c1c2c(c34)c5c67. The summed E-state index contributed by atoms with van der Waals surface area (Å²) in [4.78, 5) is 12.7. The summed E-state index contributed by atoms with van der Waals surface area (Å²) in [6, 6.07) is 21.1. The summed E-state index contributed by atoms with van der Waals surface area (Å²) in [7, 11) is 0. The second-order valence-corrected chi connectivity index (χ2v) is 6.91. The number of fused-ring (bicyclic) bond motifs is 1. The molecule has 0 saturated heterocycles. The van der Waals surface area contributed by atoms with Gasteiger partial charge in [0, 0.05) is 10.8 Å². The summed E-state index contributed by atoms with van der Waals surface area (Å²) < 4.78 is 5.67. The van der Waals surface area contributed by atoms with Crippen LogP contribution in [-0.4, -0.2) is 5.97 Å². The van der Waals surface area contributed by atoms with Crippen molar-refractivity contribution in [3.63, 3.8) is 0 Å². The number of hydrogen-bond acceptors (Lipinski definition) is 2. The number of rotatable bonds is 0. The van der Waals surface area contributed by atoms with Gasteiger partial charge in [0.25, 0.3) is 0 Å². The summed E-state index contributed by atoms with van der Waals surface area (Å²) in [6.45, 7) is 0. The van der Waals surface area contributed by atoms with E-state index in [2.05, 4.69) is 42.5 Å². The Labute approximate surface area is 141 Å². The Morgan fingerprint density at radius 3 is 2.24 bits per heavy atom. The van der Waals surface area contributed by atoms with E-state index in [1.54, 1.807) is 0 Å². The third-order valence-corrected chi connectivity index (χ3v) is 5.73. The van der Waals surface area contributed by atoms with E-state index in [-0.39, 0.29) is 5.97 Å². The average Bonchev–Trinajstić information content (AvgIpc) is 2.97. The maximum atomic E-state index is 12.7. The topological polar surface area (TPSA) is 26.3 Å². The van der Waals surface area contributed by atoms with Crippen LogP contribution in [0.25, 0.3) is 53.9 Å². The van der Waals surface area contributed by atoms with Crippen LogP contribution < -0.4 is 4.74 Å². The molecule has 0 atom stereocenters. The Balaban J connectivity index is 2.04. The molecule has 1 heterocycles. The molecule has 0 unspecified atom stereocenters. The highest BCUT2D eigenvalue weighted by Gasteiger charge is 2.31. The van der Waals surface area contributed by atoms with Gasteiger partial charge in [-0.05, 0) is 55.2 Å². The van der Waals surface area contributed by atoms with Gasteiger partial charge in [0.2, 0.25) is 0 Å². The van der Waals surface area contributed by atoms with Crippen molar-refractivity contribution >= 4 is 59.8 Å². The number of carbonyl (C=O) groups is 1. The highest BCUT2D eigenvalue weighted by atomic mass is 16.5. The number of hydrogen-bond donors (Lipinski definition) is 0. The molecule has 0 N–H and O–H groups in total. The second kappa shape index (κ2) is 3.65. The first-order valence-corrected chi connectivity index (χ1v) is 8.42. The molecule has 1 aliphatic rings. The van der Waals surface area contributed by atoms with E-state index in [9.17, 15) is 4.79 Å². The summed E-state index contributed by atoms with van der Waals surface area (Å²) >= 11 is 0. The lowest BCUT2D eigenvalue weighted by atomic mass is 9.84. The van der Waals surface area contributed by atoms with E-state index in [4.69, 9.17) is 4.74 Å². The molecule has 2 heteroatoms. The van der Waals surface area contributed by atoms with Crippen molar-refractivity contribution in [2.24, 2.45) is 0 Å². The fourth-order valence-corrected chi connectivity index (χ4v) is 4.82. The van der Waals surface area contributed by atoms with Gasteiger partial charge in [-0.2, -0.15) is 0 Å². The fourth-order valence-electron chi connectivity index (χ4n) is 4.82. The lowest BCUT2D eigenvalue weighted by Gasteiger charge is -2.17. The van der Waals surface area contributed by atoms with Crippen LogP contribution >= 0.6 is 0 Å². The van der Waals surface area contributed by atoms with Crippen molar-refractivity contribution < 1.29 is 9.53 Å². The van der Waals surface area contributed by atoms with Crippen LogP contribution in [0.5, 0.6) is 5.75 Å². The number of esters is 1. The van der Waals surface area contributed by atoms with Crippen LogP contribution in [0.2, 0.25) is 0 Å². The molecule has 114 valence electrons. The molecule has 0 amide bonds. The van der Waals surface area contributed by atoms with E-state index in [1.807, 2.05) is 18.2 Å². The minimum atomic E-state index is -0.235. The third kappa shape index (κ3) is 1.19. The second-order valence-electron chi connectivity index (χ2n) is 6.91. The van der Waals surface area contributed by atoms with Crippen molar-refractivity contribution in [3.8, 4) is 5.75 Å². The van der Waals surface area contributed by atoms with E-state index in [0.717, 1.165) is 21.7 Å². The molecule has 7 rings (SSSR count). The van der Waals surface area contributed by atoms with Gasteiger partial charge in [-0.1, -0.05) is 48.5 Å². The maximum Gasteiger partial charge on any atom is 0.344 e. The van der Waals surface area contributed by atoms with Gasteiger partial charge in [-0.25, -0.2) is 4.79 Å². The standard InChI is InChI=1S/C23H10O2/c24-23-20-15-6-2-3-11-7-8-14-9-12-4-1-5-13-10-16(25-23)21(20)22(17(12)13)19(14)18(11)15/h1-10H. The van der Waals surface area contributed by atoms with E-state index in [0.29, 0.717) is 5.75 Å². The normalized spacial score (nSPS) is 14.0. The fraction of sp³-hybridized carbons (Fsp3) is 0. The van der Waals surface area contributed by atoms with Gasteiger partial charge in [0.05, 0.1) is 5.56 Å². The minimum absolute atomic E-state index is 0.235. The number of ether oxygens (including phenoxy) is 1. The molecular formula is C23H10O2. The number of carbonyl (C=O) groups excluding carboxylic acids is 1. The van der Waals surface area contributed by atoms with Crippen molar-refractivity contribution in [1.82, 2.24) is 0 Å². The van der Waals surface area contributed by atoms with Crippen molar-refractivity contribution in [2.75, 3.05) is 0 Å². The van der Waals surface area contributed by atoms with Crippen LogP contribution in [0, 0.1) is 0 Å². The molecular weight excluding hydrogens is 308 g/mol. The van der Waals surface area contributed by atoms with Gasteiger partial charge in [-0.3, -0.25) is 0 Å². The molecule has 6 aromatic carbocycles. The maximum absolute atomic E-state index is 12.7. The molecule has 0 saturated carbocycles. The monoisotopic (exact) mass is 318 g/mol. The van der Waals surface area contributed by atoms with Crippen LogP contribution in [0.1, 0.15) is 10.4 Å². The molecule has 0 bridgehead atoms. The van der Waals surface area contributed by atoms with Crippen LogP contribution in [0.4, 0.5) is 0 Å². The van der Waals surface area contributed by atoms with Crippen molar-refractivity contribution in [2.45, 2.75) is 0 Å². The Morgan fingerprint density at radius 2 is 1.32 bits per heavy atom. The van der Waals surface area contributed by atoms with Crippen molar-refractivity contribution in [3.05, 3.63) is 66.2 Å². The quantitative estimate of drug-likeness (QED) is 0.152. The highest BCUT2D eigenvalue weighted by molar-refractivity contribution is 6.42. The van der Waals surface area contributed by atoms with Gasteiger partial charge < -0.3 is 4.74 Å². The van der Waals surface area contributed by atoms with E-state index in [1.165, 1.54) is 37.7 Å². The van der Waals surface area contributed by atoms with Gasteiger partial charge >= 0.3 is 5.97 Å². The predicted molar refractivity (Wildman–Crippen MR) is 101 cm³/mol. The first kappa shape index (κ1) is 12.0. The summed E-state index contributed by atoms with van der Waals surface area (Å²) in [5.41, 5.74) is 0.721. The zero-order valence-corrected chi connectivity index (χ0v) is 13.1. The lowest BCUT2D eigenvalue weighted by molar-refractivity contribution is 0.0756. The Hall–Kier alpha value is -3.39. The molecule has 2 nitrogen and oxygen atoms in total. The van der Waals surface area contributed by atoms with E-state index >= 15 is 0 Å². The molecule has 6 aromatic rings. The predicted octanol–water partition coefficient (Wildman–Crippen LogP) is 5.86. The molecule has 0 radical (unpaired) electrons. The largest absolute Gasteiger partial charge is 0.422 e. The number of benzene rings is 6.